The number of nitrogens with zero attached hydrogens (tertiary/aromatic N) is 2. The molecule has 0 saturated heterocycles. The minimum Gasteiger partial charge on any atom is -0.474 e. The van der Waals surface area contributed by atoms with Gasteiger partial charge in [-0.15, -0.1) is 0 Å². The molecular weight excluding hydrogens is 279 g/mol. The van der Waals surface area contributed by atoms with Crippen LogP contribution in [0, 0.1) is 11.7 Å². The fourth-order valence-electron chi connectivity index (χ4n) is 2.75. The molecule has 0 spiro atoms. The summed E-state index contributed by atoms with van der Waals surface area (Å²) >= 11 is 0. The van der Waals surface area contributed by atoms with E-state index in [1.807, 2.05) is 18.3 Å². The summed E-state index contributed by atoms with van der Waals surface area (Å²) in [4.78, 5) is 4.70. The second kappa shape index (κ2) is 6.34. The topological polar surface area (TPSA) is 26.5 Å². The zero-order valence-corrected chi connectivity index (χ0v) is 13.0. The fraction of sp³-hybridized carbons (Fsp3) is 0.389. The maximum Gasteiger partial charge on any atom is 0.233 e. The Morgan fingerprint density at radius 3 is 2.77 bits per heavy atom. The average molecular weight is 300 g/mol. The van der Waals surface area contributed by atoms with E-state index in [4.69, 9.17) is 9.73 Å². The Balaban J connectivity index is 1.76. The third-order valence-electron chi connectivity index (χ3n) is 3.77. The van der Waals surface area contributed by atoms with Crippen LogP contribution < -0.4 is 0 Å². The van der Waals surface area contributed by atoms with Gasteiger partial charge in [0.05, 0.1) is 6.04 Å². The first kappa shape index (κ1) is 14.8. The van der Waals surface area contributed by atoms with Crippen LogP contribution in [-0.2, 0) is 11.3 Å². The number of aliphatic imine (C=N–C) groups is 1. The van der Waals surface area contributed by atoms with Crippen molar-refractivity contribution in [2.75, 3.05) is 6.61 Å². The largest absolute Gasteiger partial charge is 0.474 e. The summed E-state index contributed by atoms with van der Waals surface area (Å²) in [6, 6.07) is 10.8. The molecule has 1 unspecified atom stereocenters. The molecule has 0 radical (unpaired) electrons. The molecule has 0 fully saturated rings. The first-order valence-electron chi connectivity index (χ1n) is 7.72. The summed E-state index contributed by atoms with van der Waals surface area (Å²) < 4.78 is 20.9. The number of hydrogen-bond donors (Lipinski definition) is 0. The van der Waals surface area contributed by atoms with Gasteiger partial charge in [-0.05, 0) is 42.2 Å². The van der Waals surface area contributed by atoms with E-state index in [-0.39, 0.29) is 11.9 Å². The lowest BCUT2D eigenvalue weighted by atomic mass is 10.1. The van der Waals surface area contributed by atoms with E-state index < -0.39 is 0 Å². The maximum absolute atomic E-state index is 13.0. The molecule has 2 aromatic rings. The molecule has 3 nitrogen and oxygen atoms in total. The predicted molar refractivity (Wildman–Crippen MR) is 85.7 cm³/mol. The minimum absolute atomic E-state index is 0.212. The van der Waals surface area contributed by atoms with Gasteiger partial charge >= 0.3 is 0 Å². The van der Waals surface area contributed by atoms with Crippen molar-refractivity contribution in [1.29, 1.82) is 0 Å². The molecule has 0 aliphatic carbocycles. The first-order valence-corrected chi connectivity index (χ1v) is 7.72. The van der Waals surface area contributed by atoms with Gasteiger partial charge in [0.2, 0.25) is 5.90 Å². The molecule has 1 aliphatic heterocycles. The minimum atomic E-state index is -0.212. The molecular formula is C18H21FN2O. The van der Waals surface area contributed by atoms with E-state index in [0.29, 0.717) is 19.1 Å². The van der Waals surface area contributed by atoms with Crippen LogP contribution in [-0.4, -0.2) is 23.1 Å². The lowest BCUT2D eigenvalue weighted by Gasteiger charge is -2.09. The lowest BCUT2D eigenvalue weighted by Crippen LogP contribution is -2.11. The summed E-state index contributed by atoms with van der Waals surface area (Å²) in [5, 5.41) is 0. The highest BCUT2D eigenvalue weighted by molar-refractivity contribution is 5.93. The molecule has 4 heteroatoms. The molecule has 3 rings (SSSR count). The zero-order chi connectivity index (χ0) is 15.5. The van der Waals surface area contributed by atoms with Crippen molar-refractivity contribution < 1.29 is 9.13 Å². The zero-order valence-electron chi connectivity index (χ0n) is 13.0. The predicted octanol–water partition coefficient (Wildman–Crippen LogP) is 3.87. The van der Waals surface area contributed by atoms with E-state index in [0.717, 1.165) is 23.6 Å². The third kappa shape index (κ3) is 3.38. The summed E-state index contributed by atoms with van der Waals surface area (Å²) in [6.45, 7) is 5.74. The Labute approximate surface area is 130 Å². The summed E-state index contributed by atoms with van der Waals surface area (Å²) in [6.07, 6.45) is 3.04. The van der Waals surface area contributed by atoms with Gasteiger partial charge in [0.1, 0.15) is 18.1 Å². The van der Waals surface area contributed by atoms with Gasteiger partial charge in [-0.1, -0.05) is 26.0 Å². The van der Waals surface area contributed by atoms with Crippen LogP contribution in [0.2, 0.25) is 0 Å². The van der Waals surface area contributed by atoms with Gasteiger partial charge in [-0.3, -0.25) is 0 Å². The normalized spacial score (nSPS) is 17.6. The molecule has 22 heavy (non-hydrogen) atoms. The SMILES string of the molecule is CC(C)CC1COC(c2cccn2Cc2ccc(F)cc2)=N1. The molecule has 116 valence electrons. The maximum atomic E-state index is 13.0. The van der Waals surface area contributed by atoms with Crippen LogP contribution in [0.1, 0.15) is 31.5 Å². The van der Waals surface area contributed by atoms with Crippen molar-refractivity contribution in [2.24, 2.45) is 10.9 Å². The summed E-state index contributed by atoms with van der Waals surface area (Å²) in [7, 11) is 0. The van der Waals surface area contributed by atoms with Crippen LogP contribution in [0.5, 0.6) is 0 Å². The number of rotatable bonds is 5. The number of halogens is 1. The highest BCUT2D eigenvalue weighted by Gasteiger charge is 2.22. The van der Waals surface area contributed by atoms with E-state index >= 15 is 0 Å². The van der Waals surface area contributed by atoms with Crippen LogP contribution in [0.15, 0.2) is 47.6 Å². The van der Waals surface area contributed by atoms with Gasteiger partial charge in [-0.25, -0.2) is 9.38 Å². The monoisotopic (exact) mass is 300 g/mol. The Morgan fingerprint density at radius 2 is 2.05 bits per heavy atom. The molecule has 1 atom stereocenters. The molecule has 0 N–H and O–H groups in total. The molecule has 0 amide bonds. The van der Waals surface area contributed by atoms with Crippen LogP contribution in [0.4, 0.5) is 4.39 Å². The Kier molecular flexibility index (Phi) is 4.27. The van der Waals surface area contributed by atoms with Crippen molar-refractivity contribution in [1.82, 2.24) is 4.57 Å². The Bertz CT molecular complexity index is 658. The molecule has 1 aromatic heterocycles. The molecule has 1 aromatic carbocycles. The van der Waals surface area contributed by atoms with Crippen LogP contribution >= 0.6 is 0 Å². The van der Waals surface area contributed by atoms with Gasteiger partial charge < -0.3 is 9.30 Å². The third-order valence-corrected chi connectivity index (χ3v) is 3.77. The molecule has 1 aliphatic rings. The van der Waals surface area contributed by atoms with Gasteiger partial charge in [0, 0.05) is 12.7 Å². The van der Waals surface area contributed by atoms with Crippen LogP contribution in [0.3, 0.4) is 0 Å². The number of aromatic nitrogens is 1. The average Bonchev–Trinajstić information content (AvgIpc) is 3.10. The van der Waals surface area contributed by atoms with Crippen molar-refractivity contribution >= 4 is 5.90 Å². The molecule has 2 heterocycles. The Hall–Kier alpha value is -2.10. The standard InChI is InChI=1S/C18H21FN2O/c1-13(2)10-16-12-22-18(20-16)17-4-3-9-21(17)11-14-5-7-15(19)8-6-14/h3-9,13,16H,10-12H2,1-2H3. The first-order chi connectivity index (χ1) is 10.6. The van der Waals surface area contributed by atoms with Crippen molar-refractivity contribution in [2.45, 2.75) is 32.9 Å². The second-order valence-electron chi connectivity index (χ2n) is 6.18. The van der Waals surface area contributed by atoms with E-state index in [1.54, 1.807) is 12.1 Å². The van der Waals surface area contributed by atoms with Gasteiger partial charge in [0.25, 0.3) is 0 Å². The summed E-state index contributed by atoms with van der Waals surface area (Å²) in [5.41, 5.74) is 2.03. The fourth-order valence-corrected chi connectivity index (χ4v) is 2.75. The van der Waals surface area contributed by atoms with E-state index in [9.17, 15) is 4.39 Å². The van der Waals surface area contributed by atoms with E-state index in [2.05, 4.69) is 18.4 Å². The Morgan fingerprint density at radius 1 is 1.27 bits per heavy atom. The lowest BCUT2D eigenvalue weighted by molar-refractivity contribution is 0.300. The second-order valence-corrected chi connectivity index (χ2v) is 6.18. The van der Waals surface area contributed by atoms with Crippen molar-refractivity contribution in [3.8, 4) is 0 Å². The molecule has 0 bridgehead atoms. The highest BCUT2D eigenvalue weighted by Crippen LogP contribution is 2.19. The van der Waals surface area contributed by atoms with Gasteiger partial charge in [-0.2, -0.15) is 0 Å². The number of benzene rings is 1. The smallest absolute Gasteiger partial charge is 0.233 e. The molecule has 0 saturated carbocycles. The van der Waals surface area contributed by atoms with Crippen molar-refractivity contribution in [3.05, 3.63) is 59.7 Å². The number of hydrogen-bond acceptors (Lipinski definition) is 2. The highest BCUT2D eigenvalue weighted by atomic mass is 19.1. The van der Waals surface area contributed by atoms with Gasteiger partial charge in [0.15, 0.2) is 0 Å². The van der Waals surface area contributed by atoms with E-state index in [1.165, 1.54) is 12.1 Å². The number of ether oxygens (including phenoxy) is 1. The van der Waals surface area contributed by atoms with Crippen molar-refractivity contribution in [3.63, 3.8) is 0 Å². The summed E-state index contributed by atoms with van der Waals surface area (Å²) in [5.74, 6) is 1.12. The quantitative estimate of drug-likeness (QED) is 0.823. The van der Waals surface area contributed by atoms with Crippen LogP contribution in [0.25, 0.3) is 0 Å².